The highest BCUT2D eigenvalue weighted by Gasteiger charge is 2.17. The van der Waals surface area contributed by atoms with Crippen LogP contribution < -0.4 is 10.2 Å². The summed E-state index contributed by atoms with van der Waals surface area (Å²) in [5, 5.41) is 12.0. The number of thiazole rings is 1. The van der Waals surface area contributed by atoms with Gasteiger partial charge in [-0.2, -0.15) is 5.26 Å². The predicted octanol–water partition coefficient (Wildman–Crippen LogP) is 4.81. The average molecular weight is 382 g/mol. The minimum Gasteiger partial charge on any atom is -0.311 e. The number of para-hydroxylation sites is 1. The van der Waals surface area contributed by atoms with E-state index in [1.807, 2.05) is 53.6 Å². The van der Waals surface area contributed by atoms with Gasteiger partial charge in [0.15, 0.2) is 6.19 Å². The molecule has 3 rings (SSSR count). The van der Waals surface area contributed by atoms with Crippen LogP contribution in [0.15, 0.2) is 57.9 Å². The molecule has 7 heteroatoms. The lowest BCUT2D eigenvalue weighted by molar-refractivity contribution is 0.655. The Hall–Kier alpha value is -2.56. The van der Waals surface area contributed by atoms with Gasteiger partial charge in [-0.15, -0.1) is 24.0 Å². The average Bonchev–Trinajstić information content (AvgIpc) is 2.99. The Labute approximate surface area is 162 Å². The second kappa shape index (κ2) is 8.21. The van der Waals surface area contributed by atoms with E-state index >= 15 is 0 Å². The monoisotopic (exact) mass is 381 g/mol. The van der Waals surface area contributed by atoms with Crippen molar-refractivity contribution in [3.05, 3.63) is 48.5 Å². The van der Waals surface area contributed by atoms with Gasteiger partial charge in [0.05, 0.1) is 15.9 Å². The molecule has 26 heavy (non-hydrogen) atoms. The summed E-state index contributed by atoms with van der Waals surface area (Å²) in [6.07, 6.45) is 2.01. The third kappa shape index (κ3) is 4.34. The van der Waals surface area contributed by atoms with Crippen LogP contribution in [0.4, 0.5) is 11.4 Å². The minimum absolute atomic E-state index is 0.383. The van der Waals surface area contributed by atoms with Gasteiger partial charge in [-0.3, -0.25) is 5.32 Å². The summed E-state index contributed by atoms with van der Waals surface area (Å²) in [6.45, 7) is 4.99. The SMILES string of the molecule is CC(C)CN(/C(=N/c1ccccc1)NC#N)c1ccc2nc(S)sc2c1. The van der Waals surface area contributed by atoms with Gasteiger partial charge in [-0.05, 0) is 36.2 Å². The fourth-order valence-electron chi connectivity index (χ4n) is 2.58. The lowest BCUT2D eigenvalue weighted by Gasteiger charge is -2.27. The van der Waals surface area contributed by atoms with E-state index in [1.54, 1.807) is 0 Å². The van der Waals surface area contributed by atoms with E-state index in [0.717, 1.165) is 32.5 Å². The molecule has 0 amide bonds. The van der Waals surface area contributed by atoms with Gasteiger partial charge in [0, 0.05) is 12.2 Å². The summed E-state index contributed by atoms with van der Waals surface area (Å²) in [6, 6.07) is 15.6. The number of aliphatic imine (C=N–C) groups is 1. The Morgan fingerprint density at radius 1 is 1.31 bits per heavy atom. The third-order valence-corrected chi connectivity index (χ3v) is 4.83. The molecule has 0 saturated heterocycles. The largest absolute Gasteiger partial charge is 0.311 e. The lowest BCUT2D eigenvalue weighted by Crippen LogP contribution is -2.41. The number of rotatable bonds is 4. The van der Waals surface area contributed by atoms with E-state index in [0.29, 0.717) is 11.9 Å². The van der Waals surface area contributed by atoms with Crippen molar-refractivity contribution in [2.75, 3.05) is 11.4 Å². The molecule has 3 aromatic rings. The van der Waals surface area contributed by atoms with Crippen LogP contribution in [0.1, 0.15) is 13.8 Å². The summed E-state index contributed by atoms with van der Waals surface area (Å²) < 4.78 is 1.79. The summed E-state index contributed by atoms with van der Waals surface area (Å²) in [5.41, 5.74) is 2.67. The predicted molar refractivity (Wildman–Crippen MR) is 111 cm³/mol. The minimum atomic E-state index is 0.383. The number of nitriles is 1. The van der Waals surface area contributed by atoms with Crippen LogP contribution in [0, 0.1) is 17.4 Å². The van der Waals surface area contributed by atoms with E-state index in [4.69, 9.17) is 0 Å². The number of hydrogen-bond acceptors (Lipinski definition) is 5. The van der Waals surface area contributed by atoms with Crippen LogP contribution >= 0.6 is 24.0 Å². The van der Waals surface area contributed by atoms with E-state index < -0.39 is 0 Å². The van der Waals surface area contributed by atoms with Crippen molar-refractivity contribution >= 4 is 51.5 Å². The standard InChI is InChI=1S/C19H19N5S2/c1-13(2)11-24(15-8-9-16-17(10-15)26-19(25)23-16)18(21-12-20)22-14-6-4-3-5-7-14/h3-10,13H,11H2,1-2H3,(H,21,22)(H,23,25). The van der Waals surface area contributed by atoms with Crippen molar-refractivity contribution in [3.63, 3.8) is 0 Å². The van der Waals surface area contributed by atoms with Crippen molar-refractivity contribution in [2.45, 2.75) is 18.2 Å². The smallest absolute Gasteiger partial charge is 0.217 e. The van der Waals surface area contributed by atoms with E-state index in [9.17, 15) is 5.26 Å². The molecule has 1 aromatic heterocycles. The molecule has 0 aliphatic heterocycles. The number of fused-ring (bicyclic) bond motifs is 1. The van der Waals surface area contributed by atoms with Crippen LogP contribution in [0.2, 0.25) is 0 Å². The summed E-state index contributed by atoms with van der Waals surface area (Å²) in [7, 11) is 0. The van der Waals surface area contributed by atoms with E-state index in [-0.39, 0.29) is 0 Å². The van der Waals surface area contributed by atoms with Crippen molar-refractivity contribution in [1.29, 1.82) is 5.26 Å². The molecule has 1 N–H and O–H groups in total. The molecular formula is C19H19N5S2. The molecular weight excluding hydrogens is 362 g/mol. The lowest BCUT2D eigenvalue weighted by atomic mass is 10.2. The quantitative estimate of drug-likeness (QED) is 0.224. The van der Waals surface area contributed by atoms with Gasteiger partial charge in [0.2, 0.25) is 5.96 Å². The molecule has 0 atom stereocenters. The highest BCUT2D eigenvalue weighted by atomic mass is 32.2. The van der Waals surface area contributed by atoms with Crippen molar-refractivity contribution in [3.8, 4) is 6.19 Å². The Morgan fingerprint density at radius 2 is 2.08 bits per heavy atom. The van der Waals surface area contributed by atoms with E-state index in [1.165, 1.54) is 11.3 Å². The topological polar surface area (TPSA) is 64.3 Å². The van der Waals surface area contributed by atoms with Gasteiger partial charge in [-0.25, -0.2) is 9.98 Å². The van der Waals surface area contributed by atoms with Crippen molar-refractivity contribution in [2.24, 2.45) is 10.9 Å². The Kier molecular flexibility index (Phi) is 5.76. The molecule has 5 nitrogen and oxygen atoms in total. The van der Waals surface area contributed by atoms with Crippen LogP contribution in [0.25, 0.3) is 10.2 Å². The molecule has 0 bridgehead atoms. The molecule has 0 aliphatic carbocycles. The Bertz CT molecular complexity index is 957. The van der Waals surface area contributed by atoms with Gasteiger partial charge >= 0.3 is 0 Å². The van der Waals surface area contributed by atoms with Crippen LogP contribution in [-0.4, -0.2) is 17.5 Å². The Balaban J connectivity index is 2.06. The zero-order chi connectivity index (χ0) is 18.5. The fourth-order valence-corrected chi connectivity index (χ4v) is 3.72. The zero-order valence-electron chi connectivity index (χ0n) is 14.5. The highest BCUT2D eigenvalue weighted by molar-refractivity contribution is 7.82. The molecule has 1 heterocycles. The van der Waals surface area contributed by atoms with Crippen molar-refractivity contribution in [1.82, 2.24) is 10.3 Å². The van der Waals surface area contributed by atoms with Crippen molar-refractivity contribution < 1.29 is 0 Å². The van der Waals surface area contributed by atoms with Gasteiger partial charge in [-0.1, -0.05) is 32.0 Å². The number of nitrogens with one attached hydrogen (secondary N) is 1. The first-order valence-electron chi connectivity index (χ1n) is 8.22. The molecule has 2 aromatic carbocycles. The molecule has 0 spiro atoms. The zero-order valence-corrected chi connectivity index (χ0v) is 16.3. The number of aromatic nitrogens is 1. The summed E-state index contributed by atoms with van der Waals surface area (Å²) >= 11 is 5.87. The molecule has 0 radical (unpaired) electrons. The summed E-state index contributed by atoms with van der Waals surface area (Å²) in [4.78, 5) is 11.1. The molecule has 0 unspecified atom stereocenters. The van der Waals surface area contributed by atoms with Gasteiger partial charge in [0.1, 0.15) is 4.34 Å². The number of nitrogens with zero attached hydrogens (tertiary/aromatic N) is 4. The first kappa shape index (κ1) is 18.2. The van der Waals surface area contributed by atoms with Crippen LogP contribution in [0.3, 0.4) is 0 Å². The van der Waals surface area contributed by atoms with E-state index in [2.05, 4.69) is 47.8 Å². The highest BCUT2D eigenvalue weighted by Crippen LogP contribution is 2.29. The number of benzene rings is 2. The second-order valence-corrected chi connectivity index (χ2v) is 7.92. The summed E-state index contributed by atoms with van der Waals surface area (Å²) in [5.74, 6) is 0.886. The maximum absolute atomic E-state index is 9.23. The first-order valence-corrected chi connectivity index (χ1v) is 9.49. The second-order valence-electron chi connectivity index (χ2n) is 6.16. The normalized spacial score (nSPS) is 11.6. The molecule has 0 fully saturated rings. The third-order valence-electron chi connectivity index (χ3n) is 3.63. The fraction of sp³-hybridized carbons (Fsp3) is 0.211. The van der Waals surface area contributed by atoms with Gasteiger partial charge < -0.3 is 4.90 Å². The molecule has 132 valence electrons. The number of thiol groups is 1. The number of anilines is 1. The van der Waals surface area contributed by atoms with Crippen LogP contribution in [0.5, 0.6) is 0 Å². The van der Waals surface area contributed by atoms with Gasteiger partial charge in [0.25, 0.3) is 0 Å². The number of hydrogen-bond donors (Lipinski definition) is 2. The van der Waals surface area contributed by atoms with Crippen LogP contribution in [-0.2, 0) is 0 Å². The molecule has 0 saturated carbocycles. The first-order chi connectivity index (χ1) is 12.6. The Morgan fingerprint density at radius 3 is 2.77 bits per heavy atom. The maximum atomic E-state index is 9.23. The maximum Gasteiger partial charge on any atom is 0.217 e. The number of guanidine groups is 1. The molecule has 0 aliphatic rings.